The maximum Gasteiger partial charge on any atom is 0.133 e. The van der Waals surface area contributed by atoms with Crippen molar-refractivity contribution in [2.75, 3.05) is 6.54 Å². The second-order valence-electron chi connectivity index (χ2n) is 6.21. The Hall–Kier alpha value is -1.69. The van der Waals surface area contributed by atoms with E-state index in [-0.39, 0.29) is 0 Å². The molecule has 2 aromatic rings. The van der Waals surface area contributed by atoms with Crippen LogP contribution in [0.25, 0.3) is 11.4 Å². The summed E-state index contributed by atoms with van der Waals surface area (Å²) in [4.78, 5) is 0. The van der Waals surface area contributed by atoms with Crippen molar-refractivity contribution in [1.29, 1.82) is 0 Å². The lowest BCUT2D eigenvalue weighted by molar-refractivity contribution is 0.320. The van der Waals surface area contributed by atoms with Gasteiger partial charge in [0.2, 0.25) is 0 Å². The standard InChI is InChI=1S/C15H22N6/c1-20-10-13(17-19-20)15-12-9-16-8-7-14(12)21(18-15)11-5-3-2-4-6-11/h10-11,16H,2-9H2,1H3. The molecule has 0 spiro atoms. The first kappa shape index (κ1) is 13.0. The van der Waals surface area contributed by atoms with Crippen LogP contribution in [0.5, 0.6) is 0 Å². The van der Waals surface area contributed by atoms with E-state index in [1.165, 1.54) is 43.4 Å². The summed E-state index contributed by atoms with van der Waals surface area (Å²) in [5, 5.41) is 16.7. The normalized spacial score (nSPS) is 19.7. The van der Waals surface area contributed by atoms with Gasteiger partial charge in [-0.25, -0.2) is 0 Å². The molecule has 0 radical (unpaired) electrons. The van der Waals surface area contributed by atoms with E-state index < -0.39 is 0 Å². The van der Waals surface area contributed by atoms with Gasteiger partial charge in [-0.05, 0) is 12.8 Å². The van der Waals surface area contributed by atoms with Crippen molar-refractivity contribution in [3.8, 4) is 11.4 Å². The maximum absolute atomic E-state index is 4.96. The fourth-order valence-corrected chi connectivity index (χ4v) is 3.66. The molecular weight excluding hydrogens is 264 g/mol. The molecule has 0 unspecified atom stereocenters. The van der Waals surface area contributed by atoms with Gasteiger partial charge in [-0.1, -0.05) is 24.5 Å². The third-order valence-electron chi connectivity index (χ3n) is 4.72. The summed E-state index contributed by atoms with van der Waals surface area (Å²) < 4.78 is 4.07. The maximum atomic E-state index is 4.96. The Balaban J connectivity index is 1.78. The topological polar surface area (TPSA) is 60.6 Å². The molecule has 6 nitrogen and oxygen atoms in total. The number of aromatic nitrogens is 5. The third-order valence-corrected chi connectivity index (χ3v) is 4.72. The van der Waals surface area contributed by atoms with Gasteiger partial charge in [0.25, 0.3) is 0 Å². The number of hydrogen-bond acceptors (Lipinski definition) is 4. The molecule has 0 bridgehead atoms. The van der Waals surface area contributed by atoms with Crippen molar-refractivity contribution >= 4 is 0 Å². The van der Waals surface area contributed by atoms with Crippen LogP contribution in [0.4, 0.5) is 0 Å². The molecule has 2 aliphatic rings. The summed E-state index contributed by atoms with van der Waals surface area (Å²) in [6, 6.07) is 0.580. The largest absolute Gasteiger partial charge is 0.312 e. The van der Waals surface area contributed by atoms with E-state index in [9.17, 15) is 0 Å². The van der Waals surface area contributed by atoms with E-state index in [0.29, 0.717) is 6.04 Å². The SMILES string of the molecule is Cn1cc(-c2nn(C3CCCCC3)c3c2CNCC3)nn1. The zero-order valence-corrected chi connectivity index (χ0v) is 12.5. The average molecular weight is 286 g/mol. The summed E-state index contributed by atoms with van der Waals surface area (Å²) in [6.45, 7) is 1.94. The summed E-state index contributed by atoms with van der Waals surface area (Å²) in [5.74, 6) is 0. The fraction of sp³-hybridized carbons (Fsp3) is 0.667. The summed E-state index contributed by atoms with van der Waals surface area (Å²) in [5.41, 5.74) is 4.66. The van der Waals surface area contributed by atoms with Gasteiger partial charge in [0.1, 0.15) is 11.4 Å². The van der Waals surface area contributed by atoms with E-state index in [1.807, 2.05) is 13.2 Å². The van der Waals surface area contributed by atoms with Crippen molar-refractivity contribution in [3.63, 3.8) is 0 Å². The molecule has 1 N–H and O–H groups in total. The molecule has 21 heavy (non-hydrogen) atoms. The lowest BCUT2D eigenvalue weighted by atomic mass is 9.95. The van der Waals surface area contributed by atoms with E-state index in [2.05, 4.69) is 20.3 Å². The monoisotopic (exact) mass is 286 g/mol. The Bertz CT molecular complexity index is 635. The number of fused-ring (bicyclic) bond motifs is 1. The highest BCUT2D eigenvalue weighted by Crippen LogP contribution is 2.33. The molecule has 112 valence electrons. The van der Waals surface area contributed by atoms with Crippen LogP contribution in [-0.4, -0.2) is 31.3 Å². The predicted octanol–water partition coefficient (Wildman–Crippen LogP) is 1.83. The van der Waals surface area contributed by atoms with Crippen molar-refractivity contribution in [1.82, 2.24) is 30.1 Å². The molecule has 1 aliphatic heterocycles. The van der Waals surface area contributed by atoms with Gasteiger partial charge >= 0.3 is 0 Å². The molecule has 1 fully saturated rings. The Morgan fingerprint density at radius 2 is 2.10 bits per heavy atom. The fourth-order valence-electron chi connectivity index (χ4n) is 3.66. The number of rotatable bonds is 2. The third kappa shape index (κ3) is 2.27. The molecule has 2 aromatic heterocycles. The highest BCUT2D eigenvalue weighted by molar-refractivity contribution is 5.59. The van der Waals surface area contributed by atoms with Crippen LogP contribution in [0, 0.1) is 0 Å². The molecular formula is C15H22N6. The lowest BCUT2D eigenvalue weighted by Crippen LogP contribution is -2.26. The van der Waals surface area contributed by atoms with Crippen molar-refractivity contribution in [3.05, 3.63) is 17.5 Å². The highest BCUT2D eigenvalue weighted by Gasteiger charge is 2.27. The van der Waals surface area contributed by atoms with Gasteiger partial charge in [-0.15, -0.1) is 5.10 Å². The van der Waals surface area contributed by atoms with Crippen LogP contribution in [0.3, 0.4) is 0 Å². The van der Waals surface area contributed by atoms with E-state index in [0.717, 1.165) is 30.9 Å². The van der Waals surface area contributed by atoms with Gasteiger partial charge in [0, 0.05) is 37.8 Å². The zero-order chi connectivity index (χ0) is 14.2. The predicted molar refractivity (Wildman–Crippen MR) is 79.8 cm³/mol. The van der Waals surface area contributed by atoms with Crippen molar-refractivity contribution < 1.29 is 0 Å². The van der Waals surface area contributed by atoms with Crippen LogP contribution in [0.15, 0.2) is 6.20 Å². The molecule has 0 atom stereocenters. The molecule has 4 rings (SSSR count). The summed E-state index contributed by atoms with van der Waals surface area (Å²) >= 11 is 0. The van der Waals surface area contributed by atoms with Crippen molar-refractivity contribution in [2.24, 2.45) is 7.05 Å². The molecule has 1 saturated carbocycles. The quantitative estimate of drug-likeness (QED) is 0.915. The first-order valence-corrected chi connectivity index (χ1v) is 8.00. The molecule has 0 aromatic carbocycles. The summed E-state index contributed by atoms with van der Waals surface area (Å²) in [6.07, 6.45) is 9.60. The molecule has 6 heteroatoms. The first-order valence-electron chi connectivity index (χ1n) is 8.00. The number of hydrogen-bond donors (Lipinski definition) is 1. The van der Waals surface area contributed by atoms with Gasteiger partial charge in [-0.2, -0.15) is 5.10 Å². The lowest BCUT2D eigenvalue weighted by Gasteiger charge is -2.25. The van der Waals surface area contributed by atoms with Crippen LogP contribution in [0.1, 0.15) is 49.4 Å². The first-order chi connectivity index (χ1) is 10.3. The summed E-state index contributed by atoms with van der Waals surface area (Å²) in [7, 11) is 1.90. The van der Waals surface area contributed by atoms with Gasteiger partial charge in [-0.3, -0.25) is 9.36 Å². The van der Waals surface area contributed by atoms with E-state index >= 15 is 0 Å². The highest BCUT2D eigenvalue weighted by atomic mass is 15.4. The van der Waals surface area contributed by atoms with E-state index in [4.69, 9.17) is 5.10 Å². The number of nitrogens with one attached hydrogen (secondary N) is 1. The molecule has 0 saturated heterocycles. The molecule has 0 amide bonds. The van der Waals surface area contributed by atoms with Crippen molar-refractivity contribution in [2.45, 2.75) is 51.1 Å². The Morgan fingerprint density at radius 3 is 2.86 bits per heavy atom. The second kappa shape index (κ2) is 5.26. The van der Waals surface area contributed by atoms with Crippen LogP contribution < -0.4 is 5.32 Å². The Kier molecular flexibility index (Phi) is 3.25. The minimum atomic E-state index is 0.580. The van der Waals surface area contributed by atoms with E-state index in [1.54, 1.807) is 4.68 Å². The Labute approximate surface area is 124 Å². The second-order valence-corrected chi connectivity index (χ2v) is 6.21. The average Bonchev–Trinajstić information content (AvgIpc) is 3.12. The molecule has 3 heterocycles. The molecule has 1 aliphatic carbocycles. The van der Waals surface area contributed by atoms with Crippen LogP contribution in [-0.2, 0) is 20.0 Å². The van der Waals surface area contributed by atoms with Gasteiger partial charge in [0.05, 0.1) is 12.2 Å². The van der Waals surface area contributed by atoms with Gasteiger partial charge < -0.3 is 5.32 Å². The van der Waals surface area contributed by atoms with Crippen LogP contribution >= 0.6 is 0 Å². The Morgan fingerprint density at radius 1 is 1.24 bits per heavy atom. The minimum Gasteiger partial charge on any atom is -0.312 e. The zero-order valence-electron chi connectivity index (χ0n) is 12.5. The minimum absolute atomic E-state index is 0.580. The number of nitrogens with zero attached hydrogens (tertiary/aromatic N) is 5. The smallest absolute Gasteiger partial charge is 0.133 e. The van der Waals surface area contributed by atoms with Gasteiger partial charge in [0.15, 0.2) is 0 Å². The number of aryl methyl sites for hydroxylation is 1. The van der Waals surface area contributed by atoms with Crippen LogP contribution in [0.2, 0.25) is 0 Å².